The molecule has 0 spiro atoms. The van der Waals surface area contributed by atoms with Crippen LogP contribution in [0.4, 0.5) is 0 Å². The van der Waals surface area contributed by atoms with E-state index in [9.17, 15) is 0 Å². The lowest BCUT2D eigenvalue weighted by molar-refractivity contribution is 0.175. The number of hydrogen-bond donors (Lipinski definition) is 1. The second-order valence-electron chi connectivity index (χ2n) is 11.5. The number of hydrazine groups is 1. The molecule has 38 heavy (non-hydrogen) atoms. The van der Waals surface area contributed by atoms with Crippen LogP contribution >= 0.6 is 0 Å². The van der Waals surface area contributed by atoms with E-state index in [-0.39, 0.29) is 0 Å². The third-order valence-corrected chi connectivity index (χ3v) is 7.33. The first-order chi connectivity index (χ1) is 18.7. The summed E-state index contributed by atoms with van der Waals surface area (Å²) in [5, 5.41) is 1.97. The molecule has 1 N–H and O–H groups in total. The summed E-state index contributed by atoms with van der Waals surface area (Å²) in [6, 6.07) is 0. The molecule has 0 aromatic carbocycles. The van der Waals surface area contributed by atoms with E-state index in [1.54, 1.807) is 0 Å². The Morgan fingerprint density at radius 3 is 1.61 bits per heavy atom. The second kappa shape index (κ2) is 32.2. The topological polar surface area (TPSA) is 24.5 Å². The van der Waals surface area contributed by atoms with Gasteiger partial charge in [-0.15, -0.1) is 0 Å². The van der Waals surface area contributed by atoms with Crippen LogP contribution in [-0.4, -0.2) is 32.3 Å². The van der Waals surface area contributed by atoms with E-state index in [0.29, 0.717) is 5.92 Å². The summed E-state index contributed by atoms with van der Waals surface area (Å²) in [5.41, 5.74) is 3.25. The molecule has 0 rings (SSSR count). The van der Waals surface area contributed by atoms with Crippen molar-refractivity contribution in [3.8, 4) is 0 Å². The van der Waals surface area contributed by atoms with Crippen molar-refractivity contribution in [3.05, 3.63) is 36.6 Å². The Morgan fingerprint density at radius 1 is 0.579 bits per heavy atom. The van der Waals surface area contributed by atoms with E-state index in [4.69, 9.17) is 4.74 Å². The monoisotopic (exact) mass is 533 g/mol. The molecular formula is C35H68N2O. The van der Waals surface area contributed by atoms with Gasteiger partial charge < -0.3 is 4.74 Å². The van der Waals surface area contributed by atoms with Gasteiger partial charge in [-0.2, -0.15) is 0 Å². The van der Waals surface area contributed by atoms with Gasteiger partial charge in [0.15, 0.2) is 0 Å². The summed E-state index contributed by atoms with van der Waals surface area (Å²) < 4.78 is 5.93. The van der Waals surface area contributed by atoms with E-state index in [0.717, 1.165) is 19.6 Å². The summed E-state index contributed by atoms with van der Waals surface area (Å²) in [7, 11) is 4.03. The van der Waals surface area contributed by atoms with E-state index in [1.165, 1.54) is 135 Å². The fourth-order valence-electron chi connectivity index (χ4n) is 4.84. The Kier molecular flexibility index (Phi) is 31.3. The smallest absolute Gasteiger partial charge is 0.0901 e. The lowest BCUT2D eigenvalue weighted by atomic mass is 9.94. The Morgan fingerprint density at radius 2 is 1.05 bits per heavy atom. The van der Waals surface area contributed by atoms with Crippen LogP contribution in [0, 0.1) is 5.92 Å². The number of nitrogens with one attached hydrogen (secondary N) is 1. The van der Waals surface area contributed by atoms with Crippen LogP contribution in [-0.2, 0) is 4.74 Å². The molecule has 0 radical (unpaired) electrons. The van der Waals surface area contributed by atoms with Gasteiger partial charge in [-0.1, -0.05) is 134 Å². The zero-order valence-corrected chi connectivity index (χ0v) is 26.4. The fourth-order valence-corrected chi connectivity index (χ4v) is 4.84. The number of rotatable bonds is 30. The number of ether oxygens (including phenoxy) is 1. The molecule has 0 bridgehead atoms. The third-order valence-electron chi connectivity index (χ3n) is 7.33. The molecule has 0 saturated heterocycles. The van der Waals surface area contributed by atoms with Crippen molar-refractivity contribution in [3.63, 3.8) is 0 Å². The van der Waals surface area contributed by atoms with Crippen LogP contribution in [0.5, 0.6) is 0 Å². The summed E-state index contributed by atoms with van der Waals surface area (Å²) in [6.07, 6.45) is 43.2. The summed E-state index contributed by atoms with van der Waals surface area (Å²) in [6.45, 7) is 6.27. The van der Waals surface area contributed by atoms with Crippen molar-refractivity contribution in [2.75, 3.05) is 27.2 Å². The Balaban J connectivity index is 3.89. The molecule has 0 aliphatic carbocycles. The zero-order chi connectivity index (χ0) is 27.8. The van der Waals surface area contributed by atoms with Gasteiger partial charge in [-0.3, -0.25) is 10.4 Å². The number of unbranched alkanes of at least 4 members (excludes halogenated alkanes) is 16. The highest BCUT2D eigenvalue weighted by molar-refractivity contribution is 4.92. The standard InChI is InChI=1S/C35H68N2O/c1-5-7-9-11-13-15-16-17-18-19-20-21-22-24-26-28-31-35(34-38-33-29-32-36-37(3)4)30-27-25-23-14-12-10-8-6-2/h13,15,17-18,29,33,35-36H,5-12,14,16,19-28,30-32,34H2,1-4H3/b15-13-,18-17-,33-29+. The third kappa shape index (κ3) is 31.2. The molecule has 0 aliphatic rings. The van der Waals surface area contributed by atoms with Crippen LogP contribution in [0.1, 0.15) is 155 Å². The number of nitrogens with zero attached hydrogens (tertiary/aromatic N) is 1. The molecule has 0 fully saturated rings. The predicted octanol–water partition coefficient (Wildman–Crippen LogP) is 10.9. The second-order valence-corrected chi connectivity index (χ2v) is 11.5. The Hall–Kier alpha value is -1.06. The van der Waals surface area contributed by atoms with E-state index < -0.39 is 0 Å². The van der Waals surface area contributed by atoms with Crippen molar-refractivity contribution >= 4 is 0 Å². The lowest BCUT2D eigenvalue weighted by Gasteiger charge is -2.16. The van der Waals surface area contributed by atoms with E-state index >= 15 is 0 Å². The van der Waals surface area contributed by atoms with Crippen molar-refractivity contribution in [2.24, 2.45) is 5.92 Å². The maximum atomic E-state index is 5.93. The maximum Gasteiger partial charge on any atom is 0.0901 e. The maximum absolute atomic E-state index is 5.93. The minimum absolute atomic E-state index is 0.715. The first kappa shape index (κ1) is 36.9. The molecule has 0 aliphatic heterocycles. The zero-order valence-electron chi connectivity index (χ0n) is 26.4. The normalized spacial score (nSPS) is 13.1. The lowest BCUT2D eigenvalue weighted by Crippen LogP contribution is -2.30. The van der Waals surface area contributed by atoms with Crippen LogP contribution < -0.4 is 5.43 Å². The molecule has 0 amide bonds. The largest absolute Gasteiger partial charge is 0.501 e. The number of hydrogen-bond acceptors (Lipinski definition) is 3. The first-order valence-corrected chi connectivity index (χ1v) is 16.7. The summed E-state index contributed by atoms with van der Waals surface area (Å²) >= 11 is 0. The highest BCUT2D eigenvalue weighted by Crippen LogP contribution is 2.20. The van der Waals surface area contributed by atoms with Crippen LogP contribution in [0.3, 0.4) is 0 Å². The van der Waals surface area contributed by atoms with Gasteiger partial charge in [0.1, 0.15) is 0 Å². The molecule has 0 heterocycles. The molecule has 1 atom stereocenters. The van der Waals surface area contributed by atoms with Crippen LogP contribution in [0.25, 0.3) is 0 Å². The number of allylic oxidation sites excluding steroid dienone is 4. The van der Waals surface area contributed by atoms with E-state index in [1.807, 2.05) is 25.4 Å². The van der Waals surface area contributed by atoms with Crippen molar-refractivity contribution in [1.82, 2.24) is 10.4 Å². The SMILES string of the molecule is CCCCC/C=C\C/C=C\CCCCCCCCC(CCCCCCCCCC)CO/C=C/CNN(C)C. The summed E-state index contributed by atoms with van der Waals surface area (Å²) in [4.78, 5) is 0. The molecular weight excluding hydrogens is 464 g/mol. The quantitative estimate of drug-likeness (QED) is 0.0431. The molecule has 0 aromatic heterocycles. The molecule has 224 valence electrons. The minimum Gasteiger partial charge on any atom is -0.501 e. The van der Waals surface area contributed by atoms with E-state index in [2.05, 4.69) is 49.7 Å². The van der Waals surface area contributed by atoms with Gasteiger partial charge >= 0.3 is 0 Å². The van der Waals surface area contributed by atoms with Gasteiger partial charge in [0.2, 0.25) is 0 Å². The molecule has 3 nitrogen and oxygen atoms in total. The highest BCUT2D eigenvalue weighted by atomic mass is 16.5. The van der Waals surface area contributed by atoms with Gasteiger partial charge in [-0.05, 0) is 56.9 Å². The average Bonchev–Trinajstić information content (AvgIpc) is 2.91. The first-order valence-electron chi connectivity index (χ1n) is 16.7. The minimum atomic E-state index is 0.715. The highest BCUT2D eigenvalue weighted by Gasteiger charge is 2.09. The molecule has 3 heteroatoms. The molecule has 0 aromatic rings. The fraction of sp³-hybridized carbons (Fsp3) is 0.829. The Bertz CT molecular complexity index is 526. The van der Waals surface area contributed by atoms with Crippen LogP contribution in [0.2, 0.25) is 0 Å². The van der Waals surface area contributed by atoms with Crippen LogP contribution in [0.15, 0.2) is 36.6 Å². The van der Waals surface area contributed by atoms with Gasteiger partial charge in [-0.25, -0.2) is 0 Å². The molecule has 1 unspecified atom stereocenters. The van der Waals surface area contributed by atoms with Crippen molar-refractivity contribution in [2.45, 2.75) is 155 Å². The summed E-state index contributed by atoms with van der Waals surface area (Å²) in [5.74, 6) is 0.715. The van der Waals surface area contributed by atoms with Gasteiger partial charge in [0, 0.05) is 20.6 Å². The van der Waals surface area contributed by atoms with Gasteiger partial charge in [0.05, 0.1) is 12.9 Å². The average molecular weight is 533 g/mol. The Labute approximate surface area is 239 Å². The predicted molar refractivity (Wildman–Crippen MR) is 171 cm³/mol. The van der Waals surface area contributed by atoms with Crippen molar-refractivity contribution < 1.29 is 4.74 Å². The van der Waals surface area contributed by atoms with Gasteiger partial charge in [0.25, 0.3) is 0 Å². The molecule has 0 saturated carbocycles. The van der Waals surface area contributed by atoms with Crippen molar-refractivity contribution in [1.29, 1.82) is 0 Å².